The van der Waals surface area contributed by atoms with Gasteiger partial charge >= 0.3 is 0 Å². The van der Waals surface area contributed by atoms with Crippen molar-refractivity contribution >= 4 is 11.4 Å². The van der Waals surface area contributed by atoms with Crippen molar-refractivity contribution in [2.45, 2.75) is 46.2 Å². The molecule has 0 atom stereocenters. The molecular formula is C33H34N2O2. The molecule has 4 aromatic rings. The highest BCUT2D eigenvalue weighted by Crippen LogP contribution is 2.39. The zero-order valence-corrected chi connectivity index (χ0v) is 22.1. The van der Waals surface area contributed by atoms with E-state index in [4.69, 9.17) is 9.47 Å². The second-order valence-electron chi connectivity index (χ2n) is 10.8. The fraction of sp³-hybridized carbons (Fsp3) is 0.273. The van der Waals surface area contributed by atoms with Gasteiger partial charge in [0.05, 0.1) is 0 Å². The number of ether oxygens (including phenoxy) is 2. The lowest BCUT2D eigenvalue weighted by atomic mass is 9.77. The number of nitrogens with zero attached hydrogens (tertiary/aromatic N) is 2. The zero-order valence-electron chi connectivity index (χ0n) is 22.1. The Morgan fingerprint density at radius 1 is 0.595 bits per heavy atom. The summed E-state index contributed by atoms with van der Waals surface area (Å²) in [5.74, 6) is 1.97. The van der Waals surface area contributed by atoms with Crippen molar-refractivity contribution in [2.24, 2.45) is 0 Å². The lowest BCUT2D eigenvalue weighted by Crippen LogP contribution is -2.33. The first-order chi connectivity index (χ1) is 17.9. The molecule has 0 saturated carbocycles. The summed E-state index contributed by atoms with van der Waals surface area (Å²) in [5, 5.41) is 0. The van der Waals surface area contributed by atoms with E-state index in [1.54, 1.807) is 0 Å². The molecule has 0 aromatic heterocycles. The van der Waals surface area contributed by atoms with Crippen molar-refractivity contribution in [1.29, 1.82) is 0 Å². The molecule has 188 valence electrons. The van der Waals surface area contributed by atoms with Crippen LogP contribution in [0.3, 0.4) is 0 Å². The maximum Gasteiger partial charge on any atom is 0.161 e. The van der Waals surface area contributed by atoms with Crippen LogP contribution in [0.15, 0.2) is 84.9 Å². The molecule has 0 radical (unpaired) electrons. The summed E-state index contributed by atoms with van der Waals surface area (Å²) >= 11 is 0. The Balaban J connectivity index is 1.28. The first-order valence-corrected chi connectivity index (χ1v) is 13.0. The minimum atomic E-state index is -0.167. The van der Waals surface area contributed by atoms with Gasteiger partial charge in [0, 0.05) is 41.0 Å². The molecule has 0 amide bonds. The predicted octanol–water partition coefficient (Wildman–Crippen LogP) is 7.34. The zero-order chi connectivity index (χ0) is 25.6. The van der Waals surface area contributed by atoms with E-state index in [2.05, 4.69) is 122 Å². The van der Waals surface area contributed by atoms with Gasteiger partial charge in [0.2, 0.25) is 0 Å². The maximum absolute atomic E-state index is 6.16. The van der Waals surface area contributed by atoms with Crippen LogP contribution >= 0.6 is 0 Å². The van der Waals surface area contributed by atoms with E-state index in [0.29, 0.717) is 13.5 Å². The van der Waals surface area contributed by atoms with Crippen LogP contribution < -0.4 is 19.3 Å². The Labute approximate surface area is 220 Å². The number of benzene rings is 4. The monoisotopic (exact) mass is 490 g/mol. The summed E-state index contributed by atoms with van der Waals surface area (Å²) in [5.41, 5.74) is 9.85. The molecule has 37 heavy (non-hydrogen) atoms. The average Bonchev–Trinajstić information content (AvgIpc) is 2.92. The highest BCUT2D eigenvalue weighted by Gasteiger charge is 2.28. The third-order valence-corrected chi connectivity index (χ3v) is 7.95. The first-order valence-electron chi connectivity index (χ1n) is 13.0. The van der Waals surface area contributed by atoms with Gasteiger partial charge in [0.1, 0.15) is 11.5 Å². The van der Waals surface area contributed by atoms with Crippen LogP contribution in [-0.4, -0.2) is 13.5 Å². The van der Waals surface area contributed by atoms with Crippen molar-refractivity contribution in [3.8, 4) is 11.5 Å². The van der Waals surface area contributed by atoms with Crippen LogP contribution in [0, 0.1) is 13.8 Å². The summed E-state index contributed by atoms with van der Waals surface area (Å²) in [4.78, 5) is 4.62. The van der Waals surface area contributed by atoms with Crippen molar-refractivity contribution in [1.82, 2.24) is 0 Å². The Kier molecular flexibility index (Phi) is 5.83. The molecule has 6 rings (SSSR count). The van der Waals surface area contributed by atoms with Gasteiger partial charge in [0.15, 0.2) is 13.5 Å². The smallest absolute Gasteiger partial charge is 0.161 e. The number of anilines is 2. The minimum Gasteiger partial charge on any atom is -0.473 e. The number of para-hydroxylation sites is 2. The molecule has 2 aliphatic heterocycles. The number of fused-ring (bicyclic) bond motifs is 2. The van der Waals surface area contributed by atoms with Gasteiger partial charge in [-0.15, -0.1) is 0 Å². The topological polar surface area (TPSA) is 24.9 Å². The summed E-state index contributed by atoms with van der Waals surface area (Å²) < 4.78 is 12.3. The Morgan fingerprint density at radius 2 is 1.03 bits per heavy atom. The van der Waals surface area contributed by atoms with Crippen LogP contribution in [-0.2, 0) is 18.5 Å². The summed E-state index contributed by atoms with van der Waals surface area (Å²) in [6.45, 7) is 11.8. The molecule has 4 aromatic carbocycles. The number of rotatable bonds is 4. The molecule has 2 aliphatic rings. The molecule has 0 spiro atoms. The van der Waals surface area contributed by atoms with E-state index < -0.39 is 0 Å². The van der Waals surface area contributed by atoms with Crippen LogP contribution in [0.5, 0.6) is 11.5 Å². The second kappa shape index (κ2) is 9.19. The van der Waals surface area contributed by atoms with E-state index in [-0.39, 0.29) is 5.41 Å². The third-order valence-electron chi connectivity index (χ3n) is 7.95. The Morgan fingerprint density at radius 3 is 1.46 bits per heavy atom. The summed E-state index contributed by atoms with van der Waals surface area (Å²) in [6.07, 6.45) is 0. The van der Waals surface area contributed by atoms with Gasteiger partial charge in [-0.05, 0) is 72.5 Å². The largest absolute Gasteiger partial charge is 0.473 e. The van der Waals surface area contributed by atoms with Gasteiger partial charge in [-0.3, -0.25) is 0 Å². The van der Waals surface area contributed by atoms with Gasteiger partial charge < -0.3 is 19.3 Å². The van der Waals surface area contributed by atoms with Crippen molar-refractivity contribution in [3.05, 3.63) is 118 Å². The standard InChI is InChI=1S/C33H34N2O2/c1-23-9-5-7-11-29(23)34-19-25-17-27(13-15-31(25)36-21-34)33(3,4)28-14-16-32-26(18-28)20-35(22-37-32)30-12-8-6-10-24(30)2/h5-18H,19-22H2,1-4H3. The molecule has 2 heterocycles. The van der Waals surface area contributed by atoms with Gasteiger partial charge in [-0.25, -0.2) is 0 Å². The van der Waals surface area contributed by atoms with Crippen molar-refractivity contribution < 1.29 is 9.47 Å². The molecule has 4 nitrogen and oxygen atoms in total. The highest BCUT2D eigenvalue weighted by molar-refractivity contribution is 5.58. The van der Waals surface area contributed by atoms with Crippen molar-refractivity contribution in [2.75, 3.05) is 23.3 Å². The third kappa shape index (κ3) is 4.31. The van der Waals surface area contributed by atoms with Gasteiger partial charge in [0.25, 0.3) is 0 Å². The lowest BCUT2D eigenvalue weighted by Gasteiger charge is -2.35. The van der Waals surface area contributed by atoms with Crippen LogP contribution in [0.4, 0.5) is 11.4 Å². The Hall–Kier alpha value is -3.92. The quantitative estimate of drug-likeness (QED) is 0.299. The highest BCUT2D eigenvalue weighted by atomic mass is 16.5. The molecule has 0 saturated heterocycles. The molecule has 4 heteroatoms. The Bertz CT molecular complexity index is 1350. The van der Waals surface area contributed by atoms with E-state index in [1.165, 1.54) is 44.8 Å². The molecule has 0 unspecified atom stereocenters. The minimum absolute atomic E-state index is 0.167. The summed E-state index contributed by atoms with van der Waals surface area (Å²) in [7, 11) is 0. The normalized spacial score (nSPS) is 14.9. The first kappa shape index (κ1) is 23.5. The molecule has 0 fully saturated rings. The maximum atomic E-state index is 6.16. The van der Waals surface area contributed by atoms with E-state index in [0.717, 1.165) is 24.6 Å². The SMILES string of the molecule is Cc1ccccc1N1COc2ccc(C(C)(C)c3ccc4c(c3)CN(c3ccccc3C)CO4)cc2C1. The second-order valence-corrected chi connectivity index (χ2v) is 10.8. The fourth-order valence-corrected chi connectivity index (χ4v) is 5.58. The van der Waals surface area contributed by atoms with Gasteiger partial charge in [-0.1, -0.05) is 62.4 Å². The molecule has 0 N–H and O–H groups in total. The fourth-order valence-electron chi connectivity index (χ4n) is 5.58. The van der Waals surface area contributed by atoms with E-state index >= 15 is 0 Å². The van der Waals surface area contributed by atoms with Crippen LogP contribution in [0.2, 0.25) is 0 Å². The average molecular weight is 491 g/mol. The van der Waals surface area contributed by atoms with E-state index in [9.17, 15) is 0 Å². The predicted molar refractivity (Wildman–Crippen MR) is 151 cm³/mol. The number of hydrogen-bond acceptors (Lipinski definition) is 4. The molecular weight excluding hydrogens is 456 g/mol. The van der Waals surface area contributed by atoms with Crippen LogP contribution in [0.25, 0.3) is 0 Å². The molecule has 0 bridgehead atoms. The van der Waals surface area contributed by atoms with E-state index in [1.807, 2.05) is 0 Å². The number of aryl methyl sites for hydroxylation is 2. The lowest BCUT2D eigenvalue weighted by molar-refractivity contribution is 0.288. The van der Waals surface area contributed by atoms with Crippen molar-refractivity contribution in [3.63, 3.8) is 0 Å². The van der Waals surface area contributed by atoms with Gasteiger partial charge in [-0.2, -0.15) is 0 Å². The summed E-state index contributed by atoms with van der Waals surface area (Å²) in [6, 6.07) is 30.4. The van der Waals surface area contributed by atoms with Crippen LogP contribution in [0.1, 0.15) is 47.2 Å². The molecule has 0 aliphatic carbocycles. The number of hydrogen-bond donors (Lipinski definition) is 0.